The SMILES string of the molecule is COC(=O)C(O)CNS(=O)(=O)c1c(C)cccc1N. The second kappa shape index (κ2) is 6.00. The zero-order valence-corrected chi connectivity index (χ0v) is 11.4. The van der Waals surface area contributed by atoms with E-state index in [4.69, 9.17) is 5.73 Å². The molecule has 4 N–H and O–H groups in total. The molecule has 19 heavy (non-hydrogen) atoms. The van der Waals surface area contributed by atoms with E-state index in [0.29, 0.717) is 5.56 Å². The third-order valence-corrected chi connectivity index (χ3v) is 4.09. The molecule has 0 heterocycles. The van der Waals surface area contributed by atoms with Gasteiger partial charge in [-0.1, -0.05) is 12.1 Å². The highest BCUT2D eigenvalue weighted by molar-refractivity contribution is 7.89. The Balaban J connectivity index is 2.91. The van der Waals surface area contributed by atoms with Crippen LogP contribution in [0.4, 0.5) is 5.69 Å². The van der Waals surface area contributed by atoms with Gasteiger partial charge in [-0.15, -0.1) is 0 Å². The maximum atomic E-state index is 12.0. The van der Waals surface area contributed by atoms with Crippen LogP contribution in [0.3, 0.4) is 0 Å². The Bertz CT molecular complexity index is 550. The number of rotatable bonds is 5. The van der Waals surface area contributed by atoms with Crippen LogP contribution in [0.1, 0.15) is 5.56 Å². The second-order valence-corrected chi connectivity index (χ2v) is 5.59. The minimum Gasteiger partial charge on any atom is -0.467 e. The topological polar surface area (TPSA) is 119 Å². The molecule has 1 rings (SSSR count). The van der Waals surface area contributed by atoms with Gasteiger partial charge < -0.3 is 15.6 Å². The third-order valence-electron chi connectivity index (χ3n) is 2.45. The van der Waals surface area contributed by atoms with Crippen molar-refractivity contribution in [3.8, 4) is 0 Å². The van der Waals surface area contributed by atoms with Crippen LogP contribution in [-0.2, 0) is 19.6 Å². The van der Waals surface area contributed by atoms with Gasteiger partial charge in [0.2, 0.25) is 10.0 Å². The van der Waals surface area contributed by atoms with E-state index in [-0.39, 0.29) is 10.6 Å². The number of carbonyl (C=O) groups is 1. The lowest BCUT2D eigenvalue weighted by Crippen LogP contribution is -2.37. The van der Waals surface area contributed by atoms with Gasteiger partial charge in [-0.3, -0.25) is 0 Å². The number of esters is 1. The van der Waals surface area contributed by atoms with E-state index in [9.17, 15) is 18.3 Å². The summed E-state index contributed by atoms with van der Waals surface area (Å²) in [6.07, 6.45) is -1.56. The summed E-state index contributed by atoms with van der Waals surface area (Å²) in [4.78, 5) is 10.9. The normalized spacial score (nSPS) is 13.0. The molecule has 0 amide bonds. The Hall–Kier alpha value is -1.64. The number of nitrogens with one attached hydrogen (secondary N) is 1. The maximum Gasteiger partial charge on any atom is 0.336 e. The number of nitrogen functional groups attached to an aromatic ring is 1. The maximum absolute atomic E-state index is 12.0. The predicted molar refractivity (Wildman–Crippen MR) is 68.8 cm³/mol. The Morgan fingerprint density at radius 1 is 1.53 bits per heavy atom. The van der Waals surface area contributed by atoms with Crippen molar-refractivity contribution in [2.45, 2.75) is 17.9 Å². The largest absolute Gasteiger partial charge is 0.467 e. The van der Waals surface area contributed by atoms with Crippen LogP contribution in [0.5, 0.6) is 0 Å². The van der Waals surface area contributed by atoms with Crippen molar-refractivity contribution in [1.29, 1.82) is 0 Å². The summed E-state index contributed by atoms with van der Waals surface area (Å²) in [6, 6.07) is 4.69. The number of ether oxygens (including phenoxy) is 1. The van der Waals surface area contributed by atoms with Gasteiger partial charge in [0.25, 0.3) is 0 Å². The molecule has 0 aliphatic heterocycles. The molecular weight excluding hydrogens is 272 g/mol. The molecule has 1 aromatic rings. The Labute approximate surface area is 111 Å². The number of nitrogens with two attached hydrogens (primary N) is 1. The third kappa shape index (κ3) is 3.66. The van der Waals surface area contributed by atoms with Crippen LogP contribution in [-0.4, -0.2) is 39.3 Å². The van der Waals surface area contributed by atoms with E-state index < -0.39 is 28.6 Å². The first-order valence-corrected chi connectivity index (χ1v) is 6.88. The summed E-state index contributed by atoms with van der Waals surface area (Å²) < 4.78 is 30.5. The van der Waals surface area contributed by atoms with Crippen LogP contribution in [0, 0.1) is 6.92 Å². The highest BCUT2D eigenvalue weighted by Gasteiger charge is 2.23. The fraction of sp³-hybridized carbons (Fsp3) is 0.364. The average molecular weight is 288 g/mol. The number of benzene rings is 1. The zero-order chi connectivity index (χ0) is 14.6. The molecule has 8 heteroatoms. The number of aliphatic hydroxyl groups excluding tert-OH is 1. The first-order valence-electron chi connectivity index (χ1n) is 5.40. The summed E-state index contributed by atoms with van der Waals surface area (Å²) in [5.74, 6) is -0.916. The molecule has 0 bridgehead atoms. The monoisotopic (exact) mass is 288 g/mol. The fourth-order valence-electron chi connectivity index (χ4n) is 1.52. The van der Waals surface area contributed by atoms with E-state index in [1.807, 2.05) is 0 Å². The smallest absolute Gasteiger partial charge is 0.336 e. The highest BCUT2D eigenvalue weighted by Crippen LogP contribution is 2.21. The summed E-state index contributed by atoms with van der Waals surface area (Å²) in [5, 5.41) is 9.33. The number of methoxy groups -OCH3 is 1. The average Bonchev–Trinajstić information content (AvgIpc) is 2.34. The molecule has 0 aromatic heterocycles. The van der Waals surface area contributed by atoms with Crippen LogP contribution < -0.4 is 10.5 Å². The second-order valence-electron chi connectivity index (χ2n) is 3.88. The Morgan fingerprint density at radius 3 is 2.68 bits per heavy atom. The molecule has 0 spiro atoms. The molecule has 0 saturated heterocycles. The number of aliphatic hydroxyl groups is 1. The molecule has 1 aromatic carbocycles. The zero-order valence-electron chi connectivity index (χ0n) is 10.6. The van der Waals surface area contributed by atoms with Crippen LogP contribution >= 0.6 is 0 Å². The van der Waals surface area contributed by atoms with E-state index in [2.05, 4.69) is 9.46 Å². The number of aryl methyl sites for hydroxylation is 1. The lowest BCUT2D eigenvalue weighted by molar-refractivity contribution is -0.149. The van der Waals surface area contributed by atoms with Crippen LogP contribution in [0.2, 0.25) is 0 Å². The number of carbonyl (C=O) groups excluding carboxylic acids is 1. The first-order chi connectivity index (χ1) is 8.79. The molecule has 0 radical (unpaired) electrons. The van der Waals surface area contributed by atoms with Gasteiger partial charge in [0.15, 0.2) is 6.10 Å². The van der Waals surface area contributed by atoms with Crippen LogP contribution in [0.15, 0.2) is 23.1 Å². The van der Waals surface area contributed by atoms with Crippen LogP contribution in [0.25, 0.3) is 0 Å². The molecule has 1 atom stereocenters. The van der Waals surface area contributed by atoms with Crippen molar-refractivity contribution >= 4 is 21.7 Å². The molecule has 1 unspecified atom stereocenters. The van der Waals surface area contributed by atoms with Gasteiger partial charge >= 0.3 is 5.97 Å². The minimum absolute atomic E-state index is 0.0629. The summed E-state index contributed by atoms with van der Waals surface area (Å²) in [5.41, 5.74) is 6.20. The molecule has 0 fully saturated rings. The number of anilines is 1. The van der Waals surface area contributed by atoms with E-state index >= 15 is 0 Å². The summed E-state index contributed by atoms with van der Waals surface area (Å²) >= 11 is 0. The van der Waals surface area contributed by atoms with E-state index in [1.54, 1.807) is 19.1 Å². The summed E-state index contributed by atoms with van der Waals surface area (Å²) in [7, 11) is -2.80. The lowest BCUT2D eigenvalue weighted by Gasteiger charge is -2.13. The Morgan fingerprint density at radius 2 is 2.16 bits per heavy atom. The molecule has 106 valence electrons. The quantitative estimate of drug-likeness (QED) is 0.491. The van der Waals surface area contributed by atoms with Crippen molar-refractivity contribution in [1.82, 2.24) is 4.72 Å². The van der Waals surface area contributed by atoms with Crippen molar-refractivity contribution in [2.75, 3.05) is 19.4 Å². The Kier molecular flexibility index (Phi) is 4.87. The van der Waals surface area contributed by atoms with Crippen molar-refractivity contribution in [3.05, 3.63) is 23.8 Å². The molecule has 0 saturated carbocycles. The minimum atomic E-state index is -3.90. The number of sulfonamides is 1. The van der Waals surface area contributed by atoms with Crippen molar-refractivity contribution in [3.63, 3.8) is 0 Å². The lowest BCUT2D eigenvalue weighted by atomic mass is 10.2. The standard InChI is InChI=1S/C11H16N2O5S/c1-7-4-3-5-8(12)10(7)19(16,17)13-6-9(14)11(15)18-2/h3-5,9,13-14H,6,12H2,1-2H3. The van der Waals surface area contributed by atoms with E-state index in [1.165, 1.54) is 6.07 Å². The first kappa shape index (κ1) is 15.4. The highest BCUT2D eigenvalue weighted by atomic mass is 32.2. The van der Waals surface area contributed by atoms with Gasteiger partial charge in [-0.25, -0.2) is 17.9 Å². The van der Waals surface area contributed by atoms with E-state index in [0.717, 1.165) is 7.11 Å². The predicted octanol–water partition coefficient (Wildman–Crippen LogP) is -0.611. The van der Waals surface area contributed by atoms with Gasteiger partial charge in [0.05, 0.1) is 12.8 Å². The van der Waals surface area contributed by atoms with Gasteiger partial charge in [0.1, 0.15) is 4.90 Å². The van der Waals surface area contributed by atoms with Crippen molar-refractivity contribution < 1.29 is 23.1 Å². The van der Waals surface area contributed by atoms with Gasteiger partial charge in [-0.2, -0.15) is 0 Å². The molecule has 7 nitrogen and oxygen atoms in total. The number of hydrogen-bond donors (Lipinski definition) is 3. The van der Waals surface area contributed by atoms with Gasteiger partial charge in [0, 0.05) is 6.54 Å². The fourth-order valence-corrected chi connectivity index (χ4v) is 2.91. The molecular formula is C11H16N2O5S. The molecule has 0 aliphatic carbocycles. The molecule has 0 aliphatic rings. The summed E-state index contributed by atoms with van der Waals surface area (Å²) in [6.45, 7) is 1.12. The van der Waals surface area contributed by atoms with Crippen molar-refractivity contribution in [2.24, 2.45) is 0 Å². The number of hydrogen-bond acceptors (Lipinski definition) is 6. The van der Waals surface area contributed by atoms with Gasteiger partial charge in [-0.05, 0) is 18.6 Å².